The van der Waals surface area contributed by atoms with Crippen molar-refractivity contribution in [3.05, 3.63) is 0 Å². The molecule has 0 aromatic heterocycles. The predicted octanol–water partition coefficient (Wildman–Crippen LogP) is 2.73. The molecule has 1 rings (SSSR count). The summed E-state index contributed by atoms with van der Waals surface area (Å²) >= 11 is 0. The summed E-state index contributed by atoms with van der Waals surface area (Å²) in [5.41, 5.74) is -0.668. The van der Waals surface area contributed by atoms with Crippen LogP contribution in [0.1, 0.15) is 58.8 Å². The van der Waals surface area contributed by atoms with Crippen LogP contribution in [0, 0.1) is 5.92 Å². The third-order valence-electron chi connectivity index (χ3n) is 4.70. The molecule has 1 aliphatic rings. The van der Waals surface area contributed by atoms with Gasteiger partial charge in [0.25, 0.3) is 0 Å². The molecular formula is C16H32N2O2. The number of hydrogen-bond acceptors (Lipinski definition) is 3. The molecule has 1 saturated carbocycles. The van der Waals surface area contributed by atoms with E-state index in [1.54, 1.807) is 0 Å². The molecule has 2 N–H and O–H groups in total. The molecule has 0 saturated heterocycles. The van der Waals surface area contributed by atoms with Gasteiger partial charge in [-0.25, -0.2) is 0 Å². The Labute approximate surface area is 123 Å². The van der Waals surface area contributed by atoms with E-state index in [2.05, 4.69) is 24.2 Å². The molecule has 0 radical (unpaired) electrons. The van der Waals surface area contributed by atoms with Crippen LogP contribution in [0.3, 0.4) is 0 Å². The van der Waals surface area contributed by atoms with Crippen molar-refractivity contribution in [1.29, 1.82) is 0 Å². The zero-order chi connectivity index (χ0) is 15.0. The topological polar surface area (TPSA) is 52.6 Å². The van der Waals surface area contributed by atoms with Crippen LogP contribution in [0.4, 0.5) is 0 Å². The minimum Gasteiger partial charge on any atom is -0.480 e. The number of carboxylic acids is 1. The van der Waals surface area contributed by atoms with E-state index in [0.717, 1.165) is 45.3 Å². The molecule has 118 valence electrons. The van der Waals surface area contributed by atoms with Crippen LogP contribution in [-0.2, 0) is 4.79 Å². The van der Waals surface area contributed by atoms with E-state index >= 15 is 0 Å². The van der Waals surface area contributed by atoms with E-state index in [1.165, 1.54) is 19.3 Å². The monoisotopic (exact) mass is 284 g/mol. The molecule has 1 aliphatic carbocycles. The molecule has 0 heterocycles. The summed E-state index contributed by atoms with van der Waals surface area (Å²) in [5.74, 6) is -0.385. The minimum atomic E-state index is -0.668. The van der Waals surface area contributed by atoms with Crippen LogP contribution in [0.15, 0.2) is 0 Å². The van der Waals surface area contributed by atoms with Crippen LogP contribution in [0.5, 0.6) is 0 Å². The first-order valence-corrected chi connectivity index (χ1v) is 8.23. The van der Waals surface area contributed by atoms with Crippen molar-refractivity contribution in [2.24, 2.45) is 5.92 Å². The van der Waals surface area contributed by atoms with E-state index in [0.29, 0.717) is 0 Å². The van der Waals surface area contributed by atoms with Crippen molar-refractivity contribution in [2.75, 3.05) is 26.7 Å². The second-order valence-electron chi connectivity index (χ2n) is 6.20. The number of carbonyl (C=O) groups is 1. The van der Waals surface area contributed by atoms with Crippen molar-refractivity contribution in [2.45, 2.75) is 64.3 Å². The molecule has 20 heavy (non-hydrogen) atoms. The Balaban J connectivity index is 2.46. The first kappa shape index (κ1) is 17.4. The summed E-state index contributed by atoms with van der Waals surface area (Å²) in [6, 6.07) is 0. The molecule has 4 nitrogen and oxygen atoms in total. The molecular weight excluding hydrogens is 252 g/mol. The fraction of sp³-hybridized carbons (Fsp3) is 0.938. The van der Waals surface area contributed by atoms with Gasteiger partial charge in [0.05, 0.1) is 0 Å². The summed E-state index contributed by atoms with van der Waals surface area (Å²) in [4.78, 5) is 14.1. The normalized spacial score (nSPS) is 26.3. The highest BCUT2D eigenvalue weighted by molar-refractivity contribution is 5.79. The lowest BCUT2D eigenvalue weighted by molar-refractivity contribution is -0.146. The number of carboxylic acid groups (broad SMARTS) is 1. The van der Waals surface area contributed by atoms with Gasteiger partial charge < -0.3 is 15.3 Å². The van der Waals surface area contributed by atoms with E-state index in [4.69, 9.17) is 0 Å². The van der Waals surface area contributed by atoms with Gasteiger partial charge in [-0.05, 0) is 58.3 Å². The highest BCUT2D eigenvalue weighted by Gasteiger charge is 2.48. The van der Waals surface area contributed by atoms with Gasteiger partial charge in [-0.1, -0.05) is 33.1 Å². The van der Waals surface area contributed by atoms with E-state index in [9.17, 15) is 9.90 Å². The van der Waals surface area contributed by atoms with Gasteiger partial charge in [0, 0.05) is 0 Å². The molecule has 2 atom stereocenters. The summed E-state index contributed by atoms with van der Waals surface area (Å²) in [6.07, 6.45) is 7.62. The Morgan fingerprint density at radius 1 is 1.35 bits per heavy atom. The van der Waals surface area contributed by atoms with Crippen LogP contribution in [-0.4, -0.2) is 48.2 Å². The van der Waals surface area contributed by atoms with Crippen molar-refractivity contribution in [3.8, 4) is 0 Å². The minimum absolute atomic E-state index is 0.272. The Morgan fingerprint density at radius 3 is 2.70 bits per heavy atom. The lowest BCUT2D eigenvalue weighted by Gasteiger charge is -2.33. The first-order chi connectivity index (χ1) is 9.56. The van der Waals surface area contributed by atoms with Crippen LogP contribution in [0.2, 0.25) is 0 Å². The maximum atomic E-state index is 11.7. The number of hydrogen-bond donors (Lipinski definition) is 2. The van der Waals surface area contributed by atoms with Crippen LogP contribution >= 0.6 is 0 Å². The third kappa shape index (κ3) is 4.45. The van der Waals surface area contributed by atoms with Crippen molar-refractivity contribution in [3.63, 3.8) is 0 Å². The van der Waals surface area contributed by atoms with E-state index in [1.807, 2.05) is 6.92 Å². The number of nitrogens with one attached hydrogen (secondary N) is 1. The Kier molecular flexibility index (Phi) is 7.52. The maximum absolute atomic E-state index is 11.7. The summed E-state index contributed by atoms with van der Waals surface area (Å²) in [6.45, 7) is 7.08. The fourth-order valence-electron chi connectivity index (χ4n) is 3.49. The average Bonchev–Trinajstić information content (AvgIpc) is 2.81. The fourth-order valence-corrected chi connectivity index (χ4v) is 3.49. The van der Waals surface area contributed by atoms with Gasteiger partial charge in [-0.3, -0.25) is 4.79 Å². The molecule has 4 heteroatoms. The summed E-state index contributed by atoms with van der Waals surface area (Å²) in [7, 11) is 2.15. The molecule has 0 aliphatic heterocycles. The third-order valence-corrected chi connectivity index (χ3v) is 4.70. The second kappa shape index (κ2) is 8.63. The predicted molar refractivity (Wildman–Crippen MR) is 83.0 cm³/mol. The number of nitrogens with zero attached hydrogens (tertiary/aromatic N) is 1. The average molecular weight is 284 g/mol. The highest BCUT2D eigenvalue weighted by Crippen LogP contribution is 2.38. The van der Waals surface area contributed by atoms with Crippen LogP contribution < -0.4 is 5.32 Å². The van der Waals surface area contributed by atoms with Crippen molar-refractivity contribution >= 4 is 5.97 Å². The van der Waals surface area contributed by atoms with Crippen molar-refractivity contribution in [1.82, 2.24) is 10.2 Å². The molecule has 0 spiro atoms. The zero-order valence-electron chi connectivity index (χ0n) is 13.5. The summed E-state index contributed by atoms with van der Waals surface area (Å²) in [5, 5.41) is 12.9. The standard InChI is InChI=1S/C16H32N2O2/c1-4-6-7-12-18(3)13-10-14-9-8-11-16(14,15(19)20)17-5-2/h14,17H,4-13H2,1-3H3,(H,19,20). The van der Waals surface area contributed by atoms with Gasteiger partial charge in [-0.15, -0.1) is 0 Å². The highest BCUT2D eigenvalue weighted by atomic mass is 16.4. The molecule has 1 fully saturated rings. The molecule has 2 unspecified atom stereocenters. The zero-order valence-corrected chi connectivity index (χ0v) is 13.5. The van der Waals surface area contributed by atoms with Gasteiger partial charge in [-0.2, -0.15) is 0 Å². The molecule has 0 aromatic carbocycles. The van der Waals surface area contributed by atoms with Crippen molar-refractivity contribution < 1.29 is 9.90 Å². The van der Waals surface area contributed by atoms with Gasteiger partial charge >= 0.3 is 5.97 Å². The quantitative estimate of drug-likeness (QED) is 0.606. The van der Waals surface area contributed by atoms with Gasteiger partial charge in [0.15, 0.2) is 0 Å². The SMILES string of the molecule is CCCCCN(C)CCC1CCCC1(NCC)C(=O)O. The number of likely N-dealkylation sites (N-methyl/N-ethyl adjacent to an activating group) is 1. The lowest BCUT2D eigenvalue weighted by Crippen LogP contribution is -2.55. The maximum Gasteiger partial charge on any atom is 0.324 e. The molecule has 0 bridgehead atoms. The number of aliphatic carboxylic acids is 1. The van der Waals surface area contributed by atoms with Gasteiger partial charge in [0.2, 0.25) is 0 Å². The van der Waals surface area contributed by atoms with Crippen LogP contribution in [0.25, 0.3) is 0 Å². The Bertz CT molecular complexity index is 296. The number of unbranched alkanes of at least 4 members (excludes halogenated alkanes) is 2. The smallest absolute Gasteiger partial charge is 0.324 e. The Hall–Kier alpha value is -0.610. The largest absolute Gasteiger partial charge is 0.480 e. The number of rotatable bonds is 10. The molecule has 0 aromatic rings. The van der Waals surface area contributed by atoms with Gasteiger partial charge in [0.1, 0.15) is 5.54 Å². The Morgan fingerprint density at radius 2 is 2.10 bits per heavy atom. The summed E-state index contributed by atoms with van der Waals surface area (Å²) < 4.78 is 0. The lowest BCUT2D eigenvalue weighted by atomic mass is 9.84. The molecule has 0 amide bonds. The first-order valence-electron chi connectivity index (χ1n) is 8.23. The van der Waals surface area contributed by atoms with E-state index in [-0.39, 0.29) is 5.92 Å². The second-order valence-corrected chi connectivity index (χ2v) is 6.20. The van der Waals surface area contributed by atoms with E-state index < -0.39 is 11.5 Å².